The van der Waals surface area contributed by atoms with E-state index in [0.29, 0.717) is 13.3 Å². The molecule has 0 aliphatic rings. The Morgan fingerprint density at radius 2 is 1.44 bits per heavy atom. The molecule has 0 saturated heterocycles. The molecule has 0 aromatic carbocycles. The second-order valence-corrected chi connectivity index (χ2v) is 163. The predicted octanol–water partition coefficient (Wildman–Crippen LogP) is 4.09. The van der Waals surface area contributed by atoms with E-state index in [1.54, 1.807) is 0 Å². The summed E-state index contributed by atoms with van der Waals surface area (Å²) in [5.41, 5.74) is 0. The summed E-state index contributed by atoms with van der Waals surface area (Å²) in [7, 11) is -0.795. The average Bonchev–Trinajstić information content (AvgIpc) is 1.84. The summed E-state index contributed by atoms with van der Waals surface area (Å²) in [6.45, 7) is 0. The van der Waals surface area contributed by atoms with Crippen molar-refractivity contribution in [2.24, 2.45) is 0 Å². The molecule has 0 aromatic heterocycles. The van der Waals surface area contributed by atoms with Crippen LogP contribution in [0.15, 0.2) is 0 Å². The van der Waals surface area contributed by atoms with Gasteiger partial charge in [0.2, 0.25) is 0 Å². The van der Waals surface area contributed by atoms with Gasteiger partial charge in [0, 0.05) is 0 Å². The second kappa shape index (κ2) is 9.77. The van der Waals surface area contributed by atoms with Crippen molar-refractivity contribution in [3.63, 3.8) is 0 Å². The van der Waals surface area contributed by atoms with Crippen LogP contribution in [0.3, 0.4) is 0 Å². The summed E-state index contributed by atoms with van der Waals surface area (Å²) in [5, 5.41) is 0. The van der Waals surface area contributed by atoms with Gasteiger partial charge in [-0.1, -0.05) is 0 Å². The van der Waals surface area contributed by atoms with E-state index in [0.717, 1.165) is 0 Å². The molecule has 0 amide bonds. The molecule has 0 spiro atoms. The molecule has 0 bridgehead atoms. The third-order valence-electron chi connectivity index (χ3n) is 0.204. The van der Waals surface area contributed by atoms with Crippen LogP contribution in [0.25, 0.3) is 0 Å². The van der Waals surface area contributed by atoms with E-state index in [4.69, 9.17) is 0 Å². The molecular formula is I9-. The van der Waals surface area contributed by atoms with E-state index in [9.17, 15) is 0 Å². The standard InChI is InChI=1S/I9/c1-6-8(4)9(5)7(2)3/q-1. The van der Waals surface area contributed by atoms with Crippen LogP contribution in [0.5, 0.6) is 0 Å². The van der Waals surface area contributed by atoms with E-state index in [2.05, 4.69) is 93.1 Å². The van der Waals surface area contributed by atoms with Crippen molar-refractivity contribution < 1.29 is 13.3 Å². The third kappa shape index (κ3) is 8.38. The number of hydrogen-bond acceptors (Lipinski definition) is 0. The normalized spacial score (nSPS) is 15.4. The molecule has 0 N–H and O–H groups in total. The van der Waals surface area contributed by atoms with Crippen molar-refractivity contribution in [3.05, 3.63) is 0 Å². The molecule has 0 nitrogen and oxygen atoms in total. The molecular weight excluding hydrogens is 1140 g/mol. The topological polar surface area (TPSA) is 0 Å². The Kier molecular flexibility index (Phi) is 16.9. The van der Waals surface area contributed by atoms with Crippen LogP contribution in [-0.4, -0.2) is 0 Å². The summed E-state index contributed by atoms with van der Waals surface area (Å²) in [4.78, 5) is 0. The number of halogens is 9. The summed E-state index contributed by atoms with van der Waals surface area (Å²) < 4.78 is 0. The van der Waals surface area contributed by atoms with E-state index < -0.39 is 0 Å². The van der Waals surface area contributed by atoms with Gasteiger partial charge in [-0.15, -0.1) is 0 Å². The zero-order valence-electron chi connectivity index (χ0n) is 3.40. The van der Waals surface area contributed by atoms with Crippen LogP contribution in [0, 0.1) is 0 Å². The Morgan fingerprint density at radius 3 is 1.56 bits per heavy atom. The molecule has 0 aliphatic carbocycles. The van der Waals surface area contributed by atoms with Gasteiger partial charge in [0.15, 0.2) is 0 Å². The molecule has 0 aromatic rings. The second-order valence-electron chi connectivity index (χ2n) is 0.540. The van der Waals surface area contributed by atoms with Gasteiger partial charge in [-0.05, 0) is 0 Å². The van der Waals surface area contributed by atoms with Gasteiger partial charge in [0.05, 0.1) is 0 Å². The van der Waals surface area contributed by atoms with Crippen LogP contribution in [0.1, 0.15) is 0 Å². The van der Waals surface area contributed by atoms with Crippen molar-refractivity contribution in [1.82, 2.24) is 0 Å². The zero-order chi connectivity index (χ0) is 7.44. The molecule has 0 heterocycles. The molecule has 0 unspecified atom stereocenters. The minimum absolute atomic E-state index is 0.226. The molecule has 0 atom stereocenters. The SMILES string of the molecule is I[I-]I(I)I(I)I(I)I. The van der Waals surface area contributed by atoms with E-state index in [1.807, 2.05) is 0 Å². The van der Waals surface area contributed by atoms with Gasteiger partial charge in [0.1, 0.15) is 0 Å². The number of rotatable bonds is 3. The predicted molar refractivity (Wildman–Crippen MR) is 112 cm³/mol. The van der Waals surface area contributed by atoms with Crippen molar-refractivity contribution in [2.75, 3.05) is 0 Å². The van der Waals surface area contributed by atoms with Crippen molar-refractivity contribution in [2.45, 2.75) is 0 Å². The Labute approximate surface area is 124 Å². The van der Waals surface area contributed by atoms with Gasteiger partial charge in [-0.25, -0.2) is 0 Å². The summed E-state index contributed by atoms with van der Waals surface area (Å²) in [6.07, 6.45) is 0. The van der Waals surface area contributed by atoms with E-state index in [1.165, 1.54) is 0 Å². The molecule has 0 radical (unpaired) electrons. The number of hydrogen-bond donors (Lipinski definition) is 0. The fraction of sp³-hybridized carbons (Fsp3) is 0. The van der Waals surface area contributed by atoms with E-state index >= 15 is 0 Å². The monoisotopic (exact) mass is 1140 g/mol. The van der Waals surface area contributed by atoms with Crippen molar-refractivity contribution in [1.29, 1.82) is 0 Å². The molecule has 0 fully saturated rings. The van der Waals surface area contributed by atoms with Crippen LogP contribution in [0.4, 0.5) is 0 Å². The average molecular weight is 1140 g/mol. The van der Waals surface area contributed by atoms with Gasteiger partial charge in [0.25, 0.3) is 0 Å². The third-order valence-corrected chi connectivity index (χ3v) is 413. The van der Waals surface area contributed by atoms with Crippen LogP contribution in [0.2, 0.25) is 0 Å². The van der Waals surface area contributed by atoms with Crippen LogP contribution < -0.4 is 13.3 Å². The first-order valence-corrected chi connectivity index (χ1v) is 51.4. The van der Waals surface area contributed by atoms with Gasteiger partial charge < -0.3 is 0 Å². The molecule has 9 heteroatoms. The fourth-order valence-electron chi connectivity index (χ4n) is 0.0463. The van der Waals surface area contributed by atoms with Crippen molar-refractivity contribution >= 4 is 117 Å². The van der Waals surface area contributed by atoms with E-state index in [-0.39, 0.29) is 23.7 Å². The summed E-state index contributed by atoms with van der Waals surface area (Å²) in [6, 6.07) is 0. The first-order valence-electron chi connectivity index (χ1n) is 1.14. The fourth-order valence-corrected chi connectivity index (χ4v) is 629. The van der Waals surface area contributed by atoms with Gasteiger partial charge in [-0.3, -0.25) is 0 Å². The summed E-state index contributed by atoms with van der Waals surface area (Å²) in [5.74, 6) is 0. The first-order chi connectivity index (χ1) is 4.09. The first kappa shape index (κ1) is 15.6. The van der Waals surface area contributed by atoms with Gasteiger partial charge >= 0.3 is 130 Å². The molecule has 9 heavy (non-hydrogen) atoms. The molecule has 0 saturated carbocycles. The maximum absolute atomic E-state index is 2.85. The summed E-state index contributed by atoms with van der Waals surface area (Å²) >= 11 is 14.6. The Balaban J connectivity index is 3.58. The Morgan fingerprint density at radius 1 is 1.00 bits per heavy atom. The van der Waals surface area contributed by atoms with Crippen LogP contribution in [-0.2, 0) is 0 Å². The van der Waals surface area contributed by atoms with Gasteiger partial charge in [-0.2, -0.15) is 0 Å². The molecule has 0 rings (SSSR count). The quantitative estimate of drug-likeness (QED) is 0.375. The Hall–Kier alpha value is 6.57. The Bertz CT molecular complexity index is 64.4. The maximum atomic E-state index is 2.85. The molecule has 64 valence electrons. The van der Waals surface area contributed by atoms with Crippen LogP contribution >= 0.6 is 117 Å². The minimum atomic E-state index is -0.324. The molecule has 0 aliphatic heterocycles. The van der Waals surface area contributed by atoms with Crippen molar-refractivity contribution in [3.8, 4) is 0 Å². The zero-order valence-corrected chi connectivity index (χ0v) is 22.8.